The molecule has 0 spiro atoms. The fraction of sp³-hybridized carbons (Fsp3) is 0.188. The summed E-state index contributed by atoms with van der Waals surface area (Å²) in [5.74, 6) is -0.229. The highest BCUT2D eigenvalue weighted by Crippen LogP contribution is 2.19. The van der Waals surface area contributed by atoms with E-state index >= 15 is 0 Å². The van der Waals surface area contributed by atoms with Gasteiger partial charge in [0, 0.05) is 5.56 Å². The molecule has 2 aromatic rings. The fourth-order valence-corrected chi connectivity index (χ4v) is 1.94. The van der Waals surface area contributed by atoms with Gasteiger partial charge in [-0.3, -0.25) is 4.79 Å². The normalized spacial score (nSPS) is 13.5. The molecule has 2 unspecified atom stereocenters. The van der Waals surface area contributed by atoms with Gasteiger partial charge in [0.1, 0.15) is 0 Å². The predicted octanol–water partition coefficient (Wildman–Crippen LogP) is 1.74. The number of hydroxylamine groups is 1. The Labute approximate surface area is 123 Å². The van der Waals surface area contributed by atoms with Gasteiger partial charge in [0.15, 0.2) is 0 Å². The molecule has 5 heteroatoms. The summed E-state index contributed by atoms with van der Waals surface area (Å²) < 4.78 is 0. The van der Waals surface area contributed by atoms with Crippen LogP contribution in [0.25, 0.3) is 11.1 Å². The number of benzene rings is 2. The molecule has 0 heterocycles. The molecule has 21 heavy (non-hydrogen) atoms. The molecule has 2 aromatic carbocycles. The summed E-state index contributed by atoms with van der Waals surface area (Å²) in [5.41, 5.74) is 10.2. The molecule has 0 aliphatic rings. The summed E-state index contributed by atoms with van der Waals surface area (Å²) in [4.78, 5) is 12.0. The Kier molecular flexibility index (Phi) is 5.05. The van der Waals surface area contributed by atoms with Gasteiger partial charge in [-0.15, -0.1) is 0 Å². The lowest BCUT2D eigenvalue weighted by atomic mass is 10.0. The van der Waals surface area contributed by atoms with Crippen LogP contribution in [0.4, 0.5) is 0 Å². The highest BCUT2D eigenvalue weighted by molar-refractivity contribution is 5.94. The van der Waals surface area contributed by atoms with Gasteiger partial charge in [0.2, 0.25) is 0 Å². The number of rotatable bonds is 5. The zero-order valence-electron chi connectivity index (χ0n) is 11.8. The molecular formula is C16H19N3O2. The Hall–Kier alpha value is -2.21. The summed E-state index contributed by atoms with van der Waals surface area (Å²) in [6.07, 6.45) is -0.711. The van der Waals surface area contributed by atoms with Crippen molar-refractivity contribution < 1.29 is 10.0 Å². The lowest BCUT2D eigenvalue weighted by Crippen LogP contribution is -2.52. The van der Waals surface area contributed by atoms with E-state index in [1.807, 2.05) is 47.9 Å². The van der Waals surface area contributed by atoms with Gasteiger partial charge in [-0.25, -0.2) is 0 Å². The average molecular weight is 285 g/mol. The van der Waals surface area contributed by atoms with Crippen molar-refractivity contribution in [2.45, 2.75) is 19.1 Å². The van der Waals surface area contributed by atoms with E-state index in [9.17, 15) is 4.79 Å². The molecule has 0 fully saturated rings. The van der Waals surface area contributed by atoms with E-state index in [0.29, 0.717) is 5.56 Å². The molecule has 5 nitrogen and oxygen atoms in total. The maximum atomic E-state index is 12.0. The fourth-order valence-electron chi connectivity index (χ4n) is 1.94. The molecular weight excluding hydrogens is 266 g/mol. The molecule has 0 saturated carbocycles. The first-order valence-corrected chi connectivity index (χ1v) is 6.73. The number of hydrogen-bond acceptors (Lipinski definition) is 4. The summed E-state index contributed by atoms with van der Waals surface area (Å²) in [6.45, 7) is 1.71. The number of hydrogen-bond donors (Lipinski definition) is 4. The lowest BCUT2D eigenvalue weighted by molar-refractivity contribution is 0.0862. The molecule has 0 aliphatic carbocycles. The zero-order chi connectivity index (χ0) is 15.2. The Morgan fingerprint density at radius 2 is 1.62 bits per heavy atom. The maximum absolute atomic E-state index is 12.0. The number of nitrogens with two attached hydrogens (primary N) is 1. The van der Waals surface area contributed by atoms with Gasteiger partial charge in [0.25, 0.3) is 5.91 Å². The van der Waals surface area contributed by atoms with Gasteiger partial charge in [-0.1, -0.05) is 42.5 Å². The Morgan fingerprint density at radius 3 is 2.19 bits per heavy atom. The van der Waals surface area contributed by atoms with Crippen molar-refractivity contribution in [3.8, 4) is 11.1 Å². The van der Waals surface area contributed by atoms with Crippen molar-refractivity contribution in [1.82, 2.24) is 10.8 Å². The summed E-state index contributed by atoms with van der Waals surface area (Å²) in [6, 6.07) is 16.9. The minimum Gasteiger partial charge on any atom is -0.347 e. The maximum Gasteiger partial charge on any atom is 0.251 e. The molecule has 0 aliphatic heterocycles. The third-order valence-electron chi connectivity index (χ3n) is 3.30. The first-order valence-electron chi connectivity index (χ1n) is 6.73. The van der Waals surface area contributed by atoms with Crippen molar-refractivity contribution in [2.75, 3.05) is 0 Å². The minimum atomic E-state index is -0.711. The molecule has 0 bridgehead atoms. The topological polar surface area (TPSA) is 87.4 Å². The molecule has 110 valence electrons. The van der Waals surface area contributed by atoms with E-state index in [0.717, 1.165) is 11.1 Å². The third kappa shape index (κ3) is 3.88. The number of carbonyl (C=O) groups excluding carboxylic acids is 1. The van der Waals surface area contributed by atoms with Crippen LogP contribution in [0.1, 0.15) is 17.3 Å². The van der Waals surface area contributed by atoms with Crippen LogP contribution in [0, 0.1) is 0 Å². The molecule has 5 N–H and O–H groups in total. The standard InChI is InChI=1S/C16H19N3O2/c1-11(15(17)19-21)18-16(20)14-9-7-13(8-10-14)12-5-3-2-4-6-12/h2-11,15,19,21H,17H2,1H3,(H,18,20). The highest BCUT2D eigenvalue weighted by atomic mass is 16.5. The second-order valence-electron chi connectivity index (χ2n) is 4.86. The van der Waals surface area contributed by atoms with E-state index in [2.05, 4.69) is 5.32 Å². The SMILES string of the molecule is CC(NC(=O)c1ccc(-c2ccccc2)cc1)C(N)NO. The predicted molar refractivity (Wildman–Crippen MR) is 81.7 cm³/mol. The first kappa shape index (κ1) is 15.2. The summed E-state index contributed by atoms with van der Waals surface area (Å²) in [5, 5.41) is 11.4. The summed E-state index contributed by atoms with van der Waals surface area (Å²) >= 11 is 0. The van der Waals surface area contributed by atoms with Crippen molar-refractivity contribution in [3.63, 3.8) is 0 Å². The van der Waals surface area contributed by atoms with E-state index in [-0.39, 0.29) is 5.91 Å². The van der Waals surface area contributed by atoms with Crippen LogP contribution in [0.2, 0.25) is 0 Å². The van der Waals surface area contributed by atoms with Crippen LogP contribution in [-0.4, -0.2) is 23.3 Å². The second-order valence-corrected chi connectivity index (χ2v) is 4.86. The molecule has 2 rings (SSSR count). The molecule has 2 atom stereocenters. The van der Waals surface area contributed by atoms with E-state index in [4.69, 9.17) is 10.9 Å². The molecule has 0 aromatic heterocycles. The summed E-state index contributed by atoms with van der Waals surface area (Å²) in [7, 11) is 0. The molecule has 1 amide bonds. The van der Waals surface area contributed by atoms with Crippen LogP contribution < -0.4 is 16.5 Å². The monoisotopic (exact) mass is 285 g/mol. The number of amides is 1. The van der Waals surface area contributed by atoms with Gasteiger partial charge in [-0.05, 0) is 30.2 Å². The van der Waals surface area contributed by atoms with Crippen LogP contribution in [0.15, 0.2) is 54.6 Å². The number of nitrogens with one attached hydrogen (secondary N) is 2. The van der Waals surface area contributed by atoms with Crippen LogP contribution in [-0.2, 0) is 0 Å². The quantitative estimate of drug-likeness (QED) is 0.498. The van der Waals surface area contributed by atoms with E-state index in [1.165, 1.54) is 0 Å². The van der Waals surface area contributed by atoms with Crippen molar-refractivity contribution in [1.29, 1.82) is 0 Å². The van der Waals surface area contributed by atoms with Crippen molar-refractivity contribution in [3.05, 3.63) is 60.2 Å². The van der Waals surface area contributed by atoms with Crippen LogP contribution in [0.3, 0.4) is 0 Å². The molecule has 0 saturated heterocycles. The van der Waals surface area contributed by atoms with Gasteiger partial charge >= 0.3 is 0 Å². The Morgan fingerprint density at radius 1 is 1.05 bits per heavy atom. The Bertz CT molecular complexity index is 584. The first-order chi connectivity index (χ1) is 10.1. The van der Waals surface area contributed by atoms with Crippen LogP contribution in [0.5, 0.6) is 0 Å². The zero-order valence-corrected chi connectivity index (χ0v) is 11.8. The van der Waals surface area contributed by atoms with E-state index in [1.54, 1.807) is 19.1 Å². The largest absolute Gasteiger partial charge is 0.347 e. The van der Waals surface area contributed by atoms with E-state index < -0.39 is 12.2 Å². The smallest absolute Gasteiger partial charge is 0.251 e. The Balaban J connectivity index is 2.07. The number of carbonyl (C=O) groups is 1. The molecule has 0 radical (unpaired) electrons. The van der Waals surface area contributed by atoms with Gasteiger partial charge < -0.3 is 16.3 Å². The van der Waals surface area contributed by atoms with Gasteiger partial charge in [-0.2, -0.15) is 5.48 Å². The van der Waals surface area contributed by atoms with Crippen molar-refractivity contribution in [2.24, 2.45) is 5.73 Å². The second kappa shape index (κ2) is 6.99. The van der Waals surface area contributed by atoms with Crippen molar-refractivity contribution >= 4 is 5.91 Å². The van der Waals surface area contributed by atoms with Crippen LogP contribution >= 0.6 is 0 Å². The minimum absolute atomic E-state index is 0.229. The average Bonchev–Trinajstić information content (AvgIpc) is 2.55. The third-order valence-corrected chi connectivity index (χ3v) is 3.30. The lowest BCUT2D eigenvalue weighted by Gasteiger charge is -2.19. The van der Waals surface area contributed by atoms with Gasteiger partial charge in [0.05, 0.1) is 12.2 Å². The highest BCUT2D eigenvalue weighted by Gasteiger charge is 2.15.